The van der Waals surface area contributed by atoms with Gasteiger partial charge in [-0.2, -0.15) is 0 Å². The van der Waals surface area contributed by atoms with Gasteiger partial charge in [-0.1, -0.05) is 19.8 Å². The molecule has 0 spiro atoms. The first-order chi connectivity index (χ1) is 8.20. The molecule has 4 heteroatoms. The van der Waals surface area contributed by atoms with Crippen LogP contribution in [-0.2, 0) is 0 Å². The Hall–Kier alpha value is -1.93. The minimum atomic E-state index is -0.406. The standard InChI is InChI=1S/C13H14NO3/c1-2-3-4-5-12-9-10-8-11(14(15)16)6-7-13(10)17-12/h6-8H,2-5H2,1H3/q+1. The molecule has 0 unspecified atom stereocenters. The molecule has 1 heterocycles. The van der Waals surface area contributed by atoms with Gasteiger partial charge in [0.25, 0.3) is 5.69 Å². The third kappa shape index (κ3) is 2.60. The summed E-state index contributed by atoms with van der Waals surface area (Å²) in [6.45, 7) is 2.14. The molecule has 0 aromatic heterocycles. The van der Waals surface area contributed by atoms with Gasteiger partial charge in [0, 0.05) is 17.9 Å². The number of benzene rings is 1. The fourth-order valence-corrected chi connectivity index (χ4v) is 1.78. The third-order valence-electron chi connectivity index (χ3n) is 2.69. The van der Waals surface area contributed by atoms with Gasteiger partial charge in [0.1, 0.15) is 5.22 Å². The maximum atomic E-state index is 10.6. The van der Waals surface area contributed by atoms with Crippen molar-refractivity contribution in [1.29, 1.82) is 0 Å². The van der Waals surface area contributed by atoms with Crippen molar-refractivity contribution in [3.05, 3.63) is 49.1 Å². The van der Waals surface area contributed by atoms with Crippen LogP contribution in [0.3, 0.4) is 0 Å². The van der Waals surface area contributed by atoms with E-state index in [1.165, 1.54) is 12.1 Å². The first-order valence-corrected chi connectivity index (χ1v) is 5.80. The van der Waals surface area contributed by atoms with Crippen LogP contribution in [0.1, 0.15) is 32.6 Å². The minimum Gasteiger partial charge on any atom is -0.258 e. The molecule has 0 saturated carbocycles. The number of nitrogens with zero attached hydrogens (tertiary/aromatic N) is 1. The van der Waals surface area contributed by atoms with Crippen LogP contribution in [0.4, 0.5) is 5.69 Å². The van der Waals surface area contributed by atoms with E-state index in [4.69, 9.17) is 4.42 Å². The fraction of sp³-hybridized carbons (Fsp3) is 0.385. The largest absolute Gasteiger partial charge is 0.373 e. The summed E-state index contributed by atoms with van der Waals surface area (Å²) in [5, 5.41) is 11.3. The smallest absolute Gasteiger partial charge is 0.258 e. The Kier molecular flexibility index (Phi) is 3.35. The Bertz CT molecular complexity index is 598. The number of rotatable bonds is 5. The lowest BCUT2D eigenvalue weighted by Crippen LogP contribution is -2.21. The van der Waals surface area contributed by atoms with Gasteiger partial charge in [-0.25, -0.2) is 4.42 Å². The fourth-order valence-electron chi connectivity index (χ4n) is 1.78. The normalized spacial score (nSPS) is 12.4. The zero-order valence-corrected chi connectivity index (χ0v) is 9.73. The van der Waals surface area contributed by atoms with E-state index in [-0.39, 0.29) is 5.69 Å². The quantitative estimate of drug-likeness (QED) is 0.338. The van der Waals surface area contributed by atoms with Crippen LogP contribution >= 0.6 is 0 Å². The molecule has 0 radical (unpaired) electrons. The van der Waals surface area contributed by atoms with Gasteiger partial charge in [0.05, 0.1) is 17.4 Å². The van der Waals surface area contributed by atoms with Crippen LogP contribution in [0.15, 0.2) is 28.4 Å². The molecule has 4 nitrogen and oxygen atoms in total. The SMILES string of the molecule is CCCCCC1=C=c2cc([N+](=O)[O-])ccc2=[O+]1. The monoisotopic (exact) mass is 232 g/mol. The summed E-state index contributed by atoms with van der Waals surface area (Å²) in [6, 6.07) is 4.59. The molecule has 0 fully saturated rings. The van der Waals surface area contributed by atoms with Gasteiger partial charge in [0.15, 0.2) is 0 Å². The van der Waals surface area contributed by atoms with Crippen LogP contribution in [0.5, 0.6) is 0 Å². The van der Waals surface area contributed by atoms with Crippen LogP contribution in [-0.4, -0.2) is 4.92 Å². The van der Waals surface area contributed by atoms with E-state index in [0.29, 0.717) is 10.6 Å². The van der Waals surface area contributed by atoms with E-state index in [1.807, 2.05) is 0 Å². The Morgan fingerprint density at radius 2 is 2.24 bits per heavy atom. The number of hydrogen-bond donors (Lipinski definition) is 0. The van der Waals surface area contributed by atoms with E-state index < -0.39 is 4.92 Å². The van der Waals surface area contributed by atoms with E-state index in [0.717, 1.165) is 31.4 Å². The Balaban J connectivity index is 2.27. The maximum absolute atomic E-state index is 10.6. The molecule has 0 bridgehead atoms. The van der Waals surface area contributed by atoms with Crippen molar-refractivity contribution >= 4 is 11.4 Å². The lowest BCUT2D eigenvalue weighted by Gasteiger charge is -1.87. The number of non-ortho nitro benzene ring substituents is 1. The summed E-state index contributed by atoms with van der Waals surface area (Å²) in [7, 11) is 0. The Morgan fingerprint density at radius 3 is 2.94 bits per heavy atom. The van der Waals surface area contributed by atoms with Crippen LogP contribution < -0.4 is 10.6 Å². The second-order valence-electron chi connectivity index (χ2n) is 4.04. The maximum Gasteiger partial charge on any atom is 0.373 e. The average Bonchev–Trinajstić information content (AvgIpc) is 2.70. The van der Waals surface area contributed by atoms with Crippen LogP contribution in [0.25, 0.3) is 5.73 Å². The molecule has 88 valence electrons. The number of allylic oxidation sites excluding steroid dienone is 1. The molecule has 17 heavy (non-hydrogen) atoms. The zero-order chi connectivity index (χ0) is 12.3. The van der Waals surface area contributed by atoms with Gasteiger partial charge in [-0.3, -0.25) is 10.1 Å². The van der Waals surface area contributed by atoms with Crippen molar-refractivity contribution in [2.45, 2.75) is 32.6 Å². The van der Waals surface area contributed by atoms with Gasteiger partial charge in [-0.15, -0.1) is 0 Å². The van der Waals surface area contributed by atoms with Crippen LogP contribution in [0, 0.1) is 10.1 Å². The van der Waals surface area contributed by atoms with Crippen molar-refractivity contribution in [3.8, 4) is 0 Å². The highest BCUT2D eigenvalue weighted by molar-refractivity contribution is 5.42. The summed E-state index contributed by atoms with van der Waals surface area (Å²) in [4.78, 5) is 10.2. The van der Waals surface area contributed by atoms with Gasteiger partial charge in [0.2, 0.25) is 0 Å². The number of hydrogen-bond acceptors (Lipinski definition) is 2. The first kappa shape index (κ1) is 11.6. The predicted octanol–water partition coefficient (Wildman–Crippen LogP) is 2.07. The molecule has 1 aliphatic heterocycles. The molecule has 1 aromatic rings. The van der Waals surface area contributed by atoms with Crippen molar-refractivity contribution in [1.82, 2.24) is 0 Å². The molecule has 1 aliphatic rings. The summed E-state index contributed by atoms with van der Waals surface area (Å²) >= 11 is 0. The van der Waals surface area contributed by atoms with E-state index in [1.54, 1.807) is 6.07 Å². The third-order valence-corrected chi connectivity index (χ3v) is 2.69. The van der Waals surface area contributed by atoms with Gasteiger partial charge < -0.3 is 0 Å². The number of unbranched alkanes of at least 4 members (excludes halogenated alkanes) is 2. The van der Waals surface area contributed by atoms with Crippen molar-refractivity contribution < 1.29 is 4.92 Å². The molecular formula is C13H14NO3+. The molecule has 0 N–H and O–H groups in total. The summed E-state index contributed by atoms with van der Waals surface area (Å²) < 4.78 is 5.57. The highest BCUT2D eigenvalue weighted by Crippen LogP contribution is 2.10. The molecule has 0 atom stereocenters. The molecule has 1 aromatic carbocycles. The number of fused-ring (bicyclic) bond motifs is 1. The molecule has 0 saturated heterocycles. The van der Waals surface area contributed by atoms with Crippen molar-refractivity contribution in [2.75, 3.05) is 0 Å². The second kappa shape index (κ2) is 4.93. The molecule has 2 rings (SSSR count). The van der Waals surface area contributed by atoms with Crippen LogP contribution in [0.2, 0.25) is 0 Å². The second-order valence-corrected chi connectivity index (χ2v) is 4.04. The lowest BCUT2D eigenvalue weighted by molar-refractivity contribution is -0.385. The zero-order valence-electron chi connectivity index (χ0n) is 9.73. The summed E-state index contributed by atoms with van der Waals surface area (Å²) in [5.41, 5.74) is 3.83. The molecular weight excluding hydrogens is 218 g/mol. The van der Waals surface area contributed by atoms with Gasteiger partial charge in [-0.05, 0) is 6.42 Å². The van der Waals surface area contributed by atoms with Crippen molar-refractivity contribution in [3.63, 3.8) is 0 Å². The highest BCUT2D eigenvalue weighted by Gasteiger charge is 2.17. The van der Waals surface area contributed by atoms with Gasteiger partial charge >= 0.3 is 11.2 Å². The van der Waals surface area contributed by atoms with E-state index >= 15 is 0 Å². The lowest BCUT2D eigenvalue weighted by atomic mass is 10.2. The number of nitro benzene ring substituents is 1. The van der Waals surface area contributed by atoms with E-state index in [9.17, 15) is 10.1 Å². The molecule has 0 aliphatic carbocycles. The minimum absolute atomic E-state index is 0.0784. The van der Waals surface area contributed by atoms with E-state index in [2.05, 4.69) is 12.7 Å². The highest BCUT2D eigenvalue weighted by atomic mass is 16.6. The summed E-state index contributed by atoms with van der Waals surface area (Å²) in [6.07, 6.45) is 4.22. The number of nitro groups is 1. The Labute approximate surface area is 98.7 Å². The topological polar surface area (TPSA) is 54.4 Å². The Morgan fingerprint density at radius 1 is 1.41 bits per heavy atom. The summed E-state index contributed by atoms with van der Waals surface area (Å²) in [5.74, 6) is 0.786. The molecule has 0 amide bonds. The van der Waals surface area contributed by atoms with Crippen molar-refractivity contribution in [2.24, 2.45) is 0 Å². The predicted molar refractivity (Wildman–Crippen MR) is 65.6 cm³/mol. The average molecular weight is 232 g/mol. The first-order valence-electron chi connectivity index (χ1n) is 5.80.